The van der Waals surface area contributed by atoms with E-state index in [1.165, 1.54) is 23.1 Å². The van der Waals surface area contributed by atoms with E-state index in [1.807, 2.05) is 24.3 Å². The second-order valence-electron chi connectivity index (χ2n) is 7.45. The van der Waals surface area contributed by atoms with Crippen molar-refractivity contribution in [2.45, 2.75) is 42.2 Å². The van der Waals surface area contributed by atoms with Crippen molar-refractivity contribution in [2.24, 2.45) is 0 Å². The highest BCUT2D eigenvalue weighted by molar-refractivity contribution is 8.02. The molecule has 2 aliphatic rings. The van der Waals surface area contributed by atoms with Crippen LogP contribution < -0.4 is 16.0 Å². The summed E-state index contributed by atoms with van der Waals surface area (Å²) in [5.41, 5.74) is 2.24. The lowest BCUT2D eigenvalue weighted by Gasteiger charge is -2.31. The van der Waals surface area contributed by atoms with Crippen LogP contribution in [0.3, 0.4) is 0 Å². The maximum Gasteiger partial charge on any atom is 0.254 e. The van der Waals surface area contributed by atoms with Crippen LogP contribution in [0.2, 0.25) is 0 Å². The van der Waals surface area contributed by atoms with Gasteiger partial charge in [0.1, 0.15) is 5.00 Å². The van der Waals surface area contributed by atoms with E-state index in [1.54, 1.807) is 13.0 Å². The number of aryl methyl sites for hydroxylation is 1. The van der Waals surface area contributed by atoms with Gasteiger partial charge >= 0.3 is 0 Å². The summed E-state index contributed by atoms with van der Waals surface area (Å²) in [7, 11) is 0. The number of nitrogens with one attached hydrogen (secondary N) is 3. The number of thiophene rings is 1. The highest BCUT2D eigenvalue weighted by atomic mass is 32.2. The fraction of sp³-hybridized carbons (Fsp3) is 0.318. The number of hydrogen-bond acceptors (Lipinski definition) is 5. The van der Waals surface area contributed by atoms with Crippen LogP contribution in [0.1, 0.15) is 40.6 Å². The zero-order chi connectivity index (χ0) is 21.3. The third-order valence-electron chi connectivity index (χ3n) is 5.35. The Morgan fingerprint density at radius 3 is 2.83 bits per heavy atom. The molecule has 1 aliphatic heterocycles. The van der Waals surface area contributed by atoms with Crippen LogP contribution in [0.15, 0.2) is 41.8 Å². The summed E-state index contributed by atoms with van der Waals surface area (Å²) in [6, 6.07) is 7.40. The van der Waals surface area contributed by atoms with E-state index in [9.17, 15) is 14.4 Å². The van der Waals surface area contributed by atoms with Gasteiger partial charge in [-0.2, -0.15) is 0 Å². The molecule has 30 heavy (non-hydrogen) atoms. The Hall–Kier alpha value is -2.58. The molecular formula is C22H23N3O3S2. The molecule has 4 rings (SSSR count). The first-order valence-electron chi connectivity index (χ1n) is 9.88. The van der Waals surface area contributed by atoms with Crippen molar-refractivity contribution in [1.29, 1.82) is 0 Å². The van der Waals surface area contributed by atoms with E-state index in [-0.39, 0.29) is 11.8 Å². The van der Waals surface area contributed by atoms with Gasteiger partial charge in [-0.25, -0.2) is 0 Å². The summed E-state index contributed by atoms with van der Waals surface area (Å²) in [4.78, 5) is 40.9. The molecule has 1 unspecified atom stereocenters. The summed E-state index contributed by atoms with van der Waals surface area (Å²) in [6.07, 6.45) is 5.43. The number of thioether (sulfide) groups is 1. The topological polar surface area (TPSA) is 87.3 Å². The van der Waals surface area contributed by atoms with Gasteiger partial charge in [0, 0.05) is 16.3 Å². The number of benzene rings is 1. The van der Waals surface area contributed by atoms with Crippen LogP contribution in [0.5, 0.6) is 0 Å². The Balaban J connectivity index is 1.64. The maximum atomic E-state index is 13.3. The van der Waals surface area contributed by atoms with Crippen LogP contribution in [-0.2, 0) is 22.4 Å². The van der Waals surface area contributed by atoms with Gasteiger partial charge in [-0.1, -0.05) is 30.0 Å². The molecule has 0 spiro atoms. The second kappa shape index (κ2) is 8.28. The first-order chi connectivity index (χ1) is 14.4. The van der Waals surface area contributed by atoms with Crippen molar-refractivity contribution in [3.8, 4) is 0 Å². The minimum atomic E-state index is -1.34. The second-order valence-corrected chi connectivity index (χ2v) is 10.0. The Bertz CT molecular complexity index is 1050. The van der Waals surface area contributed by atoms with Gasteiger partial charge in [-0.05, 0) is 50.3 Å². The largest absolute Gasteiger partial charge is 0.348 e. The van der Waals surface area contributed by atoms with Gasteiger partial charge in [0.15, 0.2) is 4.75 Å². The SMILES string of the molecule is C=CCNC(=O)c1c(NC(=O)C2(C)Sc3ccccc3NC2=O)sc2c1CCCC2. The number of fused-ring (bicyclic) bond motifs is 2. The molecule has 1 aromatic carbocycles. The highest BCUT2D eigenvalue weighted by Crippen LogP contribution is 2.44. The fourth-order valence-corrected chi connectivity index (χ4v) is 6.07. The maximum absolute atomic E-state index is 13.3. The van der Waals surface area contributed by atoms with Crippen LogP contribution in [-0.4, -0.2) is 29.0 Å². The molecule has 0 bridgehead atoms. The Morgan fingerprint density at radius 1 is 1.27 bits per heavy atom. The summed E-state index contributed by atoms with van der Waals surface area (Å²) >= 11 is 2.67. The molecule has 1 atom stereocenters. The standard InChI is InChI=1S/C22H23N3O3S2/c1-3-12-23-18(26)17-13-8-4-6-10-15(13)29-19(17)25-21(28)22(2)20(27)24-14-9-5-7-11-16(14)30-22/h3,5,7,9,11H,1,4,6,8,10,12H2,2H3,(H,23,26)(H,24,27)(H,25,28). The van der Waals surface area contributed by atoms with Crippen molar-refractivity contribution < 1.29 is 14.4 Å². The van der Waals surface area contributed by atoms with Gasteiger partial charge in [-0.15, -0.1) is 17.9 Å². The molecule has 2 heterocycles. The third kappa shape index (κ3) is 3.65. The average molecular weight is 442 g/mol. The highest BCUT2D eigenvalue weighted by Gasteiger charge is 2.46. The fourth-order valence-electron chi connectivity index (χ4n) is 3.69. The van der Waals surface area contributed by atoms with Crippen LogP contribution in [0.25, 0.3) is 0 Å². The van der Waals surface area contributed by atoms with Crippen molar-refractivity contribution in [3.05, 3.63) is 52.9 Å². The number of amides is 3. The number of para-hydroxylation sites is 1. The molecule has 1 aromatic heterocycles. The zero-order valence-electron chi connectivity index (χ0n) is 16.7. The normalized spacial score (nSPS) is 19.8. The lowest BCUT2D eigenvalue weighted by atomic mass is 9.95. The quantitative estimate of drug-likeness (QED) is 0.484. The minimum Gasteiger partial charge on any atom is -0.348 e. The van der Waals surface area contributed by atoms with E-state index in [2.05, 4.69) is 22.5 Å². The number of carbonyl (C=O) groups excluding carboxylic acids is 3. The first kappa shape index (κ1) is 20.7. The predicted octanol–water partition coefficient (Wildman–Crippen LogP) is 3.98. The first-order valence-corrected chi connectivity index (χ1v) is 11.5. The van der Waals surface area contributed by atoms with Crippen molar-refractivity contribution in [3.63, 3.8) is 0 Å². The summed E-state index contributed by atoms with van der Waals surface area (Å²) in [5, 5.41) is 9.07. The lowest BCUT2D eigenvalue weighted by molar-refractivity contribution is -0.126. The third-order valence-corrected chi connectivity index (χ3v) is 7.91. The minimum absolute atomic E-state index is 0.221. The van der Waals surface area contributed by atoms with Crippen LogP contribution >= 0.6 is 23.1 Å². The Kier molecular flexibility index (Phi) is 5.71. The number of anilines is 2. The van der Waals surface area contributed by atoms with Crippen molar-refractivity contribution >= 4 is 51.5 Å². The Morgan fingerprint density at radius 2 is 2.03 bits per heavy atom. The van der Waals surface area contributed by atoms with Gasteiger partial charge in [-0.3, -0.25) is 14.4 Å². The molecule has 0 fully saturated rings. The van der Waals surface area contributed by atoms with E-state index in [0.717, 1.165) is 41.0 Å². The zero-order valence-corrected chi connectivity index (χ0v) is 18.3. The van der Waals surface area contributed by atoms with E-state index < -0.39 is 10.7 Å². The molecule has 0 radical (unpaired) electrons. The molecule has 6 nitrogen and oxygen atoms in total. The molecular weight excluding hydrogens is 418 g/mol. The van der Waals surface area contributed by atoms with Crippen LogP contribution in [0, 0.1) is 0 Å². The Labute approximate surface area is 183 Å². The van der Waals surface area contributed by atoms with E-state index >= 15 is 0 Å². The van der Waals surface area contributed by atoms with Crippen molar-refractivity contribution in [1.82, 2.24) is 5.32 Å². The number of hydrogen-bond donors (Lipinski definition) is 3. The van der Waals surface area contributed by atoms with E-state index in [0.29, 0.717) is 22.8 Å². The lowest BCUT2D eigenvalue weighted by Crippen LogP contribution is -2.49. The summed E-state index contributed by atoms with van der Waals surface area (Å²) in [5.74, 6) is -1.03. The number of carbonyl (C=O) groups is 3. The molecule has 2 aromatic rings. The molecule has 3 N–H and O–H groups in total. The number of rotatable bonds is 5. The molecule has 8 heteroatoms. The van der Waals surface area contributed by atoms with E-state index in [4.69, 9.17) is 0 Å². The van der Waals surface area contributed by atoms with Gasteiger partial charge in [0.05, 0.1) is 11.3 Å². The van der Waals surface area contributed by atoms with Crippen molar-refractivity contribution in [2.75, 3.05) is 17.2 Å². The molecule has 1 aliphatic carbocycles. The monoisotopic (exact) mass is 441 g/mol. The molecule has 0 saturated carbocycles. The van der Waals surface area contributed by atoms with Crippen LogP contribution in [0.4, 0.5) is 10.7 Å². The van der Waals surface area contributed by atoms with Gasteiger partial charge in [0.25, 0.3) is 11.8 Å². The summed E-state index contributed by atoms with van der Waals surface area (Å²) in [6.45, 7) is 5.61. The van der Waals surface area contributed by atoms with Gasteiger partial charge < -0.3 is 16.0 Å². The molecule has 156 valence electrons. The smallest absolute Gasteiger partial charge is 0.254 e. The molecule has 0 saturated heterocycles. The predicted molar refractivity (Wildman–Crippen MR) is 121 cm³/mol. The average Bonchev–Trinajstić information content (AvgIpc) is 3.10. The van der Waals surface area contributed by atoms with Gasteiger partial charge in [0.2, 0.25) is 5.91 Å². The molecule has 3 amide bonds. The summed E-state index contributed by atoms with van der Waals surface area (Å²) < 4.78 is -1.34.